The number of carbonyl (C=O) groups excluding carboxylic acids is 1. The Morgan fingerprint density at radius 1 is 1.53 bits per heavy atom. The highest BCUT2D eigenvalue weighted by atomic mass is 16.2. The Bertz CT molecular complexity index is 214. The molecule has 1 amide bonds. The maximum atomic E-state index is 11.9. The zero-order valence-corrected chi connectivity index (χ0v) is 10.2. The first kappa shape index (κ1) is 12.5. The topological polar surface area (TPSA) is 46.3 Å². The van der Waals surface area contributed by atoms with Crippen molar-refractivity contribution in [2.45, 2.75) is 45.6 Å². The molecular weight excluding hydrogens is 188 g/mol. The quantitative estimate of drug-likeness (QED) is 0.727. The maximum Gasteiger partial charge on any atom is 0.239 e. The number of hydrogen-bond acceptors (Lipinski definition) is 2. The molecule has 0 heterocycles. The fourth-order valence-electron chi connectivity index (χ4n) is 1.64. The molecule has 2 atom stereocenters. The fourth-order valence-corrected chi connectivity index (χ4v) is 1.64. The molecule has 0 radical (unpaired) electrons. The SMILES string of the molecule is CC[C@@H](C)[C@@H](N)C(=O)N(C)CCC1CC1. The number of carbonyl (C=O) groups is 1. The van der Waals surface area contributed by atoms with E-state index in [1.807, 2.05) is 14.0 Å². The number of likely N-dealkylation sites (N-methyl/N-ethyl adjacent to an activating group) is 1. The Kier molecular flexibility index (Phi) is 4.58. The van der Waals surface area contributed by atoms with Gasteiger partial charge in [-0.2, -0.15) is 0 Å². The smallest absolute Gasteiger partial charge is 0.239 e. The summed E-state index contributed by atoms with van der Waals surface area (Å²) in [6, 6.07) is -0.320. The van der Waals surface area contributed by atoms with Gasteiger partial charge in [0.1, 0.15) is 0 Å². The van der Waals surface area contributed by atoms with Crippen LogP contribution in [0, 0.1) is 11.8 Å². The van der Waals surface area contributed by atoms with Crippen molar-refractivity contribution in [3.8, 4) is 0 Å². The Morgan fingerprint density at radius 2 is 2.13 bits per heavy atom. The van der Waals surface area contributed by atoms with E-state index in [0.29, 0.717) is 0 Å². The molecule has 1 fully saturated rings. The third-order valence-electron chi connectivity index (χ3n) is 3.49. The summed E-state index contributed by atoms with van der Waals surface area (Å²) in [6.45, 7) is 4.98. The average molecular weight is 212 g/mol. The van der Waals surface area contributed by atoms with E-state index in [2.05, 4.69) is 6.92 Å². The normalized spacial score (nSPS) is 19.7. The summed E-state index contributed by atoms with van der Waals surface area (Å²) in [6.07, 6.45) is 4.80. The second-order valence-corrected chi connectivity index (χ2v) is 4.90. The van der Waals surface area contributed by atoms with E-state index in [4.69, 9.17) is 5.73 Å². The van der Waals surface area contributed by atoms with Gasteiger partial charge in [0.15, 0.2) is 0 Å². The van der Waals surface area contributed by atoms with Crippen molar-refractivity contribution < 1.29 is 4.79 Å². The van der Waals surface area contributed by atoms with Gasteiger partial charge in [-0.25, -0.2) is 0 Å². The molecule has 0 saturated heterocycles. The van der Waals surface area contributed by atoms with E-state index in [-0.39, 0.29) is 17.9 Å². The van der Waals surface area contributed by atoms with Crippen LogP contribution in [0.1, 0.15) is 39.5 Å². The summed E-state index contributed by atoms with van der Waals surface area (Å²) in [5.41, 5.74) is 5.90. The Morgan fingerprint density at radius 3 is 2.60 bits per heavy atom. The van der Waals surface area contributed by atoms with Crippen LogP contribution in [0.3, 0.4) is 0 Å². The lowest BCUT2D eigenvalue weighted by molar-refractivity contribution is -0.132. The van der Waals surface area contributed by atoms with Gasteiger partial charge in [0.05, 0.1) is 6.04 Å². The maximum absolute atomic E-state index is 11.9. The van der Waals surface area contributed by atoms with Crippen LogP contribution in [0.5, 0.6) is 0 Å². The molecular formula is C12H24N2O. The number of nitrogens with two attached hydrogens (primary N) is 1. The molecule has 1 rings (SSSR count). The van der Waals surface area contributed by atoms with Gasteiger partial charge in [-0.3, -0.25) is 4.79 Å². The van der Waals surface area contributed by atoms with Gasteiger partial charge in [-0.1, -0.05) is 33.1 Å². The predicted molar refractivity (Wildman–Crippen MR) is 62.4 cm³/mol. The molecule has 0 spiro atoms. The monoisotopic (exact) mass is 212 g/mol. The Hall–Kier alpha value is -0.570. The standard InChI is InChI=1S/C12H24N2O/c1-4-9(2)11(13)12(15)14(3)8-7-10-5-6-10/h9-11H,4-8,13H2,1-3H3/t9-,11-/m1/s1. The van der Waals surface area contributed by atoms with Crippen LogP contribution < -0.4 is 5.73 Å². The van der Waals surface area contributed by atoms with Crippen molar-refractivity contribution in [2.75, 3.05) is 13.6 Å². The van der Waals surface area contributed by atoms with Crippen molar-refractivity contribution in [1.82, 2.24) is 4.90 Å². The van der Waals surface area contributed by atoms with Crippen molar-refractivity contribution in [1.29, 1.82) is 0 Å². The van der Waals surface area contributed by atoms with Gasteiger partial charge in [-0.15, -0.1) is 0 Å². The summed E-state index contributed by atoms with van der Waals surface area (Å²) in [5.74, 6) is 1.26. The first-order chi connectivity index (χ1) is 7.06. The van der Waals surface area contributed by atoms with Crippen molar-refractivity contribution in [3.63, 3.8) is 0 Å². The molecule has 15 heavy (non-hydrogen) atoms. The highest BCUT2D eigenvalue weighted by molar-refractivity contribution is 5.81. The van der Waals surface area contributed by atoms with E-state index in [1.54, 1.807) is 4.90 Å². The molecule has 2 N–H and O–H groups in total. The molecule has 1 aliphatic carbocycles. The molecule has 0 aromatic heterocycles. The predicted octanol–water partition coefficient (Wildman–Crippen LogP) is 1.62. The zero-order chi connectivity index (χ0) is 11.4. The van der Waals surface area contributed by atoms with Crippen molar-refractivity contribution >= 4 is 5.91 Å². The number of hydrogen-bond donors (Lipinski definition) is 1. The number of amides is 1. The van der Waals surface area contributed by atoms with Crippen molar-refractivity contribution in [2.24, 2.45) is 17.6 Å². The molecule has 0 unspecified atom stereocenters. The molecule has 1 aliphatic rings. The molecule has 3 heteroatoms. The van der Waals surface area contributed by atoms with Gasteiger partial charge in [0.2, 0.25) is 5.91 Å². The number of rotatable bonds is 6. The third kappa shape index (κ3) is 3.82. The van der Waals surface area contributed by atoms with Gasteiger partial charge in [0.25, 0.3) is 0 Å². The molecule has 0 bridgehead atoms. The Labute approximate surface area is 93.0 Å². The number of nitrogens with zero attached hydrogens (tertiary/aromatic N) is 1. The minimum absolute atomic E-state index is 0.102. The molecule has 0 aromatic carbocycles. The van der Waals surface area contributed by atoms with E-state index >= 15 is 0 Å². The summed E-state index contributed by atoms with van der Waals surface area (Å²) in [5, 5.41) is 0. The first-order valence-electron chi connectivity index (χ1n) is 6.06. The van der Waals surface area contributed by atoms with Crippen LogP contribution in [-0.4, -0.2) is 30.4 Å². The molecule has 0 aliphatic heterocycles. The van der Waals surface area contributed by atoms with E-state index < -0.39 is 0 Å². The average Bonchev–Trinajstić information content (AvgIpc) is 3.06. The van der Waals surface area contributed by atoms with Gasteiger partial charge >= 0.3 is 0 Å². The van der Waals surface area contributed by atoms with E-state index in [0.717, 1.165) is 25.3 Å². The lowest BCUT2D eigenvalue weighted by Gasteiger charge is -2.24. The summed E-state index contributed by atoms with van der Waals surface area (Å²) < 4.78 is 0. The van der Waals surface area contributed by atoms with Gasteiger partial charge in [-0.05, 0) is 18.3 Å². The molecule has 88 valence electrons. The van der Waals surface area contributed by atoms with Gasteiger partial charge < -0.3 is 10.6 Å². The Balaban J connectivity index is 2.29. The third-order valence-corrected chi connectivity index (χ3v) is 3.49. The second kappa shape index (κ2) is 5.50. The van der Waals surface area contributed by atoms with Crippen LogP contribution in [-0.2, 0) is 4.79 Å². The fraction of sp³-hybridized carbons (Fsp3) is 0.917. The molecule has 3 nitrogen and oxygen atoms in total. The summed E-state index contributed by atoms with van der Waals surface area (Å²) in [7, 11) is 1.87. The van der Waals surface area contributed by atoms with E-state index in [9.17, 15) is 4.79 Å². The van der Waals surface area contributed by atoms with Gasteiger partial charge in [0, 0.05) is 13.6 Å². The largest absolute Gasteiger partial charge is 0.344 e. The van der Waals surface area contributed by atoms with Crippen LogP contribution in [0.2, 0.25) is 0 Å². The summed E-state index contributed by atoms with van der Waals surface area (Å²) >= 11 is 0. The highest BCUT2D eigenvalue weighted by Crippen LogP contribution is 2.32. The second-order valence-electron chi connectivity index (χ2n) is 4.90. The minimum Gasteiger partial charge on any atom is -0.344 e. The molecule has 1 saturated carbocycles. The lowest BCUT2D eigenvalue weighted by atomic mass is 9.99. The summed E-state index contributed by atoms with van der Waals surface area (Å²) in [4.78, 5) is 13.7. The highest BCUT2D eigenvalue weighted by Gasteiger charge is 2.25. The first-order valence-corrected chi connectivity index (χ1v) is 6.06. The van der Waals surface area contributed by atoms with Crippen LogP contribution >= 0.6 is 0 Å². The zero-order valence-electron chi connectivity index (χ0n) is 10.2. The minimum atomic E-state index is -0.320. The van der Waals surface area contributed by atoms with Crippen LogP contribution in [0.25, 0.3) is 0 Å². The molecule has 0 aromatic rings. The van der Waals surface area contributed by atoms with Crippen LogP contribution in [0.15, 0.2) is 0 Å². The van der Waals surface area contributed by atoms with Crippen molar-refractivity contribution in [3.05, 3.63) is 0 Å². The van der Waals surface area contributed by atoms with E-state index in [1.165, 1.54) is 12.8 Å². The van der Waals surface area contributed by atoms with Crippen LogP contribution in [0.4, 0.5) is 0 Å². The lowest BCUT2D eigenvalue weighted by Crippen LogP contribution is -2.45.